The van der Waals surface area contributed by atoms with Gasteiger partial charge in [0.05, 0.1) is 5.70 Å². The molecule has 4 heteroatoms. The fourth-order valence-electron chi connectivity index (χ4n) is 1.65. The van der Waals surface area contributed by atoms with Crippen molar-refractivity contribution in [3.63, 3.8) is 0 Å². The molecule has 0 radical (unpaired) electrons. The van der Waals surface area contributed by atoms with Crippen molar-refractivity contribution in [3.8, 4) is 0 Å². The third-order valence-corrected chi connectivity index (χ3v) is 2.64. The maximum absolute atomic E-state index is 12.7. The first kappa shape index (κ1) is 12.1. The average Bonchev–Trinajstić information content (AvgIpc) is 2.38. The Hall–Kier alpha value is -1.39. The Bertz CT molecular complexity index is 372. The van der Waals surface area contributed by atoms with Crippen molar-refractivity contribution >= 4 is 5.70 Å². The molecule has 17 heavy (non-hydrogen) atoms. The van der Waals surface area contributed by atoms with Crippen molar-refractivity contribution in [2.75, 3.05) is 6.61 Å². The van der Waals surface area contributed by atoms with Gasteiger partial charge in [-0.3, -0.25) is 5.48 Å². The number of rotatable bonds is 4. The maximum Gasteiger partial charge on any atom is 0.183 e. The van der Waals surface area contributed by atoms with Gasteiger partial charge in [0.1, 0.15) is 5.82 Å². The van der Waals surface area contributed by atoms with Gasteiger partial charge < -0.3 is 4.74 Å². The van der Waals surface area contributed by atoms with E-state index in [2.05, 4.69) is 12.1 Å². The molecule has 3 nitrogen and oxygen atoms in total. The molecule has 92 valence electrons. The van der Waals surface area contributed by atoms with Crippen molar-refractivity contribution in [1.82, 2.24) is 5.48 Å². The lowest BCUT2D eigenvalue weighted by atomic mass is 10.2. The summed E-state index contributed by atoms with van der Waals surface area (Å²) in [5.41, 5.74) is 4.14. The van der Waals surface area contributed by atoms with Crippen LogP contribution in [0.1, 0.15) is 24.8 Å². The van der Waals surface area contributed by atoms with Gasteiger partial charge in [-0.15, -0.1) is 0 Å². The lowest BCUT2D eigenvalue weighted by Gasteiger charge is -2.23. The summed E-state index contributed by atoms with van der Waals surface area (Å²) in [6.07, 6.45) is 2.85. The Morgan fingerprint density at radius 2 is 2.12 bits per heavy atom. The summed E-state index contributed by atoms with van der Waals surface area (Å²) in [4.78, 5) is 5.36. The average molecular weight is 237 g/mol. The molecule has 1 aliphatic rings. The quantitative estimate of drug-likeness (QED) is 0.817. The molecule has 1 heterocycles. The van der Waals surface area contributed by atoms with E-state index in [1.807, 2.05) is 0 Å². The van der Waals surface area contributed by atoms with Gasteiger partial charge in [-0.2, -0.15) is 0 Å². The van der Waals surface area contributed by atoms with Crippen LogP contribution in [-0.2, 0) is 9.57 Å². The fourth-order valence-corrected chi connectivity index (χ4v) is 1.65. The number of nitrogens with one attached hydrogen (secondary N) is 1. The molecule has 0 aliphatic carbocycles. The molecule has 0 amide bonds. The number of benzene rings is 1. The summed E-state index contributed by atoms with van der Waals surface area (Å²) in [5.74, 6) is -0.266. The zero-order valence-electron chi connectivity index (χ0n) is 9.62. The Morgan fingerprint density at radius 1 is 1.35 bits per heavy atom. The van der Waals surface area contributed by atoms with E-state index in [-0.39, 0.29) is 12.1 Å². The predicted octanol–water partition coefficient (Wildman–Crippen LogP) is 2.84. The van der Waals surface area contributed by atoms with Crippen LogP contribution in [0.3, 0.4) is 0 Å². The molecule has 1 fully saturated rings. The second-order valence-corrected chi connectivity index (χ2v) is 4.00. The van der Waals surface area contributed by atoms with Crippen molar-refractivity contribution < 1.29 is 14.0 Å². The predicted molar refractivity (Wildman–Crippen MR) is 63.2 cm³/mol. The lowest BCUT2D eigenvalue weighted by molar-refractivity contribution is -0.184. The minimum absolute atomic E-state index is 0.221. The van der Waals surface area contributed by atoms with E-state index < -0.39 is 0 Å². The van der Waals surface area contributed by atoms with Crippen molar-refractivity contribution in [3.05, 3.63) is 42.2 Å². The highest BCUT2D eigenvalue weighted by Crippen LogP contribution is 2.15. The molecule has 1 aliphatic heterocycles. The minimum atomic E-state index is -0.266. The van der Waals surface area contributed by atoms with E-state index in [0.29, 0.717) is 5.70 Å². The van der Waals surface area contributed by atoms with Gasteiger partial charge in [-0.05, 0) is 42.7 Å². The van der Waals surface area contributed by atoms with Gasteiger partial charge in [-0.25, -0.2) is 9.23 Å². The van der Waals surface area contributed by atoms with Crippen LogP contribution in [0.5, 0.6) is 0 Å². The Kier molecular flexibility index (Phi) is 4.12. The zero-order valence-corrected chi connectivity index (χ0v) is 9.62. The fraction of sp³-hybridized carbons (Fsp3) is 0.385. The van der Waals surface area contributed by atoms with Gasteiger partial charge in [0.2, 0.25) is 0 Å². The first-order chi connectivity index (χ1) is 8.25. The smallest absolute Gasteiger partial charge is 0.183 e. The van der Waals surface area contributed by atoms with Gasteiger partial charge in [0.15, 0.2) is 6.29 Å². The van der Waals surface area contributed by atoms with Crippen LogP contribution < -0.4 is 5.48 Å². The van der Waals surface area contributed by atoms with Gasteiger partial charge in [0.25, 0.3) is 0 Å². The van der Waals surface area contributed by atoms with Gasteiger partial charge in [-0.1, -0.05) is 6.58 Å². The first-order valence-corrected chi connectivity index (χ1v) is 5.74. The standard InChI is InChI=1S/C13H16FNO2/c1-10(11-5-7-12(14)8-6-11)15-17-13-4-2-3-9-16-13/h5-8,13,15H,1-4,9H2. The van der Waals surface area contributed by atoms with Crippen molar-refractivity contribution in [1.29, 1.82) is 0 Å². The highest BCUT2D eigenvalue weighted by atomic mass is 19.1. The van der Waals surface area contributed by atoms with Crippen LogP contribution in [0.25, 0.3) is 5.70 Å². The third kappa shape index (κ3) is 3.54. The second-order valence-electron chi connectivity index (χ2n) is 4.00. The molecule has 0 spiro atoms. The number of halogens is 1. The first-order valence-electron chi connectivity index (χ1n) is 5.74. The monoisotopic (exact) mass is 237 g/mol. The van der Waals surface area contributed by atoms with E-state index in [0.717, 1.165) is 31.4 Å². The second kappa shape index (κ2) is 5.80. The third-order valence-electron chi connectivity index (χ3n) is 2.64. The Labute approximate surface area is 100 Å². The zero-order chi connectivity index (χ0) is 12.1. The Balaban J connectivity index is 1.82. The number of hydrogen-bond acceptors (Lipinski definition) is 3. The highest BCUT2D eigenvalue weighted by molar-refractivity contribution is 5.60. The van der Waals surface area contributed by atoms with Gasteiger partial charge in [0, 0.05) is 13.0 Å². The highest BCUT2D eigenvalue weighted by Gasteiger charge is 2.14. The van der Waals surface area contributed by atoms with E-state index in [1.165, 1.54) is 12.1 Å². The number of hydroxylamine groups is 1. The maximum atomic E-state index is 12.7. The lowest BCUT2D eigenvalue weighted by Crippen LogP contribution is -2.28. The molecule has 0 saturated carbocycles. The molecule has 1 aromatic carbocycles. The molecule has 0 aromatic heterocycles. The van der Waals surface area contributed by atoms with Crippen LogP contribution in [0.2, 0.25) is 0 Å². The molecule has 1 atom stereocenters. The van der Waals surface area contributed by atoms with E-state index in [9.17, 15) is 4.39 Å². The molecular formula is C13H16FNO2. The molecule has 0 bridgehead atoms. The van der Waals surface area contributed by atoms with Crippen molar-refractivity contribution in [2.45, 2.75) is 25.6 Å². The van der Waals surface area contributed by atoms with Crippen molar-refractivity contribution in [2.24, 2.45) is 0 Å². The summed E-state index contributed by atoms with van der Waals surface area (Å²) >= 11 is 0. The SMILES string of the molecule is C=C(NOC1CCCCO1)c1ccc(F)cc1. The normalized spacial score (nSPS) is 19.9. The largest absolute Gasteiger partial charge is 0.350 e. The van der Waals surface area contributed by atoms with Crippen LogP contribution >= 0.6 is 0 Å². The topological polar surface area (TPSA) is 30.5 Å². The molecule has 2 rings (SSSR count). The number of hydrogen-bond donors (Lipinski definition) is 1. The van der Waals surface area contributed by atoms with E-state index >= 15 is 0 Å². The molecule has 1 saturated heterocycles. The van der Waals surface area contributed by atoms with Crippen LogP contribution in [0.4, 0.5) is 4.39 Å². The summed E-state index contributed by atoms with van der Waals surface area (Å²) < 4.78 is 18.1. The summed E-state index contributed by atoms with van der Waals surface area (Å²) in [6, 6.07) is 6.07. The Morgan fingerprint density at radius 3 is 2.76 bits per heavy atom. The van der Waals surface area contributed by atoms with Crippen LogP contribution in [0.15, 0.2) is 30.8 Å². The molecule has 1 aromatic rings. The molecule has 1 N–H and O–H groups in total. The van der Waals surface area contributed by atoms with Gasteiger partial charge >= 0.3 is 0 Å². The summed E-state index contributed by atoms with van der Waals surface area (Å²) in [6.45, 7) is 4.56. The van der Waals surface area contributed by atoms with E-state index in [4.69, 9.17) is 9.57 Å². The van der Waals surface area contributed by atoms with Crippen LogP contribution in [0, 0.1) is 5.82 Å². The summed E-state index contributed by atoms with van der Waals surface area (Å²) in [7, 11) is 0. The number of ether oxygens (including phenoxy) is 1. The van der Waals surface area contributed by atoms with Crippen LogP contribution in [-0.4, -0.2) is 12.9 Å². The minimum Gasteiger partial charge on any atom is -0.350 e. The summed E-state index contributed by atoms with van der Waals surface area (Å²) in [5, 5.41) is 0. The van der Waals surface area contributed by atoms with E-state index in [1.54, 1.807) is 12.1 Å². The molecular weight excluding hydrogens is 221 g/mol. The molecule has 1 unspecified atom stereocenters.